The molecule has 20 heavy (non-hydrogen) atoms. The van der Waals surface area contributed by atoms with Gasteiger partial charge in [-0.15, -0.1) is 0 Å². The first-order chi connectivity index (χ1) is 9.88. The summed E-state index contributed by atoms with van der Waals surface area (Å²) in [5.74, 6) is 0. The normalized spacial score (nSPS) is 20.9. The van der Waals surface area contributed by atoms with E-state index in [1.807, 2.05) is 0 Å². The number of likely N-dealkylation sites (tertiary alicyclic amines) is 1. The Hall–Kier alpha value is -1.60. The molecule has 1 heteroatoms. The van der Waals surface area contributed by atoms with E-state index in [9.17, 15) is 0 Å². The molecule has 0 spiro atoms. The summed E-state index contributed by atoms with van der Waals surface area (Å²) in [4.78, 5) is 2.64. The molecular weight excluding hydrogens is 242 g/mol. The smallest absolute Gasteiger partial charge is 0.0351 e. The third kappa shape index (κ3) is 1.73. The molecule has 1 saturated heterocycles. The minimum atomic E-state index is 0.643. The first kappa shape index (κ1) is 12.2. The number of nitrogens with zero attached hydrogens (tertiary/aromatic N) is 1. The van der Waals surface area contributed by atoms with Gasteiger partial charge in [0.1, 0.15) is 0 Å². The van der Waals surface area contributed by atoms with Gasteiger partial charge in [-0.2, -0.15) is 0 Å². The molecular formula is C19H21N. The largest absolute Gasteiger partial charge is 0.297 e. The van der Waals surface area contributed by atoms with Crippen molar-refractivity contribution in [2.24, 2.45) is 0 Å². The topological polar surface area (TPSA) is 3.24 Å². The molecule has 102 valence electrons. The summed E-state index contributed by atoms with van der Waals surface area (Å²) in [6.07, 6.45) is 3.78. The molecule has 2 aromatic carbocycles. The fourth-order valence-electron chi connectivity index (χ4n) is 4.05. The van der Waals surface area contributed by atoms with Crippen LogP contribution in [0.3, 0.4) is 0 Å². The quantitative estimate of drug-likeness (QED) is 0.662. The molecule has 1 heterocycles. The molecule has 0 aromatic heterocycles. The Labute approximate surface area is 121 Å². The number of benzene rings is 2. The molecule has 2 aliphatic rings. The molecule has 1 unspecified atom stereocenters. The first-order valence-electron chi connectivity index (χ1n) is 7.82. The van der Waals surface area contributed by atoms with Gasteiger partial charge in [0.15, 0.2) is 0 Å². The Morgan fingerprint density at radius 2 is 1.90 bits per heavy atom. The van der Waals surface area contributed by atoms with Crippen molar-refractivity contribution < 1.29 is 0 Å². The molecule has 1 aliphatic heterocycles. The summed E-state index contributed by atoms with van der Waals surface area (Å²) < 4.78 is 0. The fraction of sp³-hybridized carbons (Fsp3) is 0.368. The van der Waals surface area contributed by atoms with Crippen LogP contribution in [0.2, 0.25) is 0 Å². The van der Waals surface area contributed by atoms with Gasteiger partial charge < -0.3 is 0 Å². The van der Waals surface area contributed by atoms with E-state index >= 15 is 0 Å². The van der Waals surface area contributed by atoms with Crippen LogP contribution in [0.15, 0.2) is 42.5 Å². The highest BCUT2D eigenvalue weighted by molar-refractivity contribution is 5.78. The van der Waals surface area contributed by atoms with Crippen molar-refractivity contribution in [3.8, 4) is 11.1 Å². The Kier molecular flexibility index (Phi) is 2.89. The third-order valence-electron chi connectivity index (χ3n) is 5.02. The second-order valence-electron chi connectivity index (χ2n) is 5.99. The molecule has 1 aliphatic carbocycles. The van der Waals surface area contributed by atoms with Crippen LogP contribution in [-0.4, -0.2) is 18.0 Å². The number of rotatable bonds is 2. The maximum Gasteiger partial charge on any atom is 0.0351 e. The Bertz CT molecular complexity index is 644. The highest BCUT2D eigenvalue weighted by atomic mass is 15.2. The summed E-state index contributed by atoms with van der Waals surface area (Å²) in [5, 5.41) is 0. The highest BCUT2D eigenvalue weighted by Gasteiger charge is 2.29. The van der Waals surface area contributed by atoms with Crippen LogP contribution >= 0.6 is 0 Å². The van der Waals surface area contributed by atoms with Gasteiger partial charge in [0, 0.05) is 6.04 Å². The zero-order valence-electron chi connectivity index (χ0n) is 12.1. The SMILES string of the molecule is CCN1CCCC1c1cccc2c1Cc1ccccc1-2. The number of fused-ring (bicyclic) bond motifs is 3. The predicted molar refractivity (Wildman–Crippen MR) is 83.9 cm³/mol. The zero-order chi connectivity index (χ0) is 13.5. The van der Waals surface area contributed by atoms with Gasteiger partial charge in [-0.25, -0.2) is 0 Å². The van der Waals surface area contributed by atoms with E-state index in [0.29, 0.717) is 6.04 Å². The van der Waals surface area contributed by atoms with E-state index < -0.39 is 0 Å². The highest BCUT2D eigenvalue weighted by Crippen LogP contribution is 2.43. The van der Waals surface area contributed by atoms with Crippen LogP contribution in [0.5, 0.6) is 0 Å². The summed E-state index contributed by atoms with van der Waals surface area (Å²) >= 11 is 0. The van der Waals surface area contributed by atoms with Gasteiger partial charge in [0.25, 0.3) is 0 Å². The van der Waals surface area contributed by atoms with Crippen LogP contribution in [0.1, 0.15) is 42.5 Å². The third-order valence-corrected chi connectivity index (χ3v) is 5.02. The van der Waals surface area contributed by atoms with E-state index in [2.05, 4.69) is 54.3 Å². The molecule has 1 nitrogen and oxygen atoms in total. The van der Waals surface area contributed by atoms with Gasteiger partial charge >= 0.3 is 0 Å². The number of hydrogen-bond donors (Lipinski definition) is 0. The summed E-state index contributed by atoms with van der Waals surface area (Å²) in [6.45, 7) is 4.72. The molecule has 0 amide bonds. The molecule has 1 fully saturated rings. The Balaban J connectivity index is 1.81. The molecule has 0 bridgehead atoms. The van der Waals surface area contributed by atoms with Crippen molar-refractivity contribution in [3.63, 3.8) is 0 Å². The van der Waals surface area contributed by atoms with E-state index in [0.717, 1.165) is 6.42 Å². The molecule has 1 atom stereocenters. The average Bonchev–Trinajstić information content (AvgIpc) is 3.10. The van der Waals surface area contributed by atoms with Crippen molar-refractivity contribution in [2.75, 3.05) is 13.1 Å². The van der Waals surface area contributed by atoms with Gasteiger partial charge in [-0.05, 0) is 60.2 Å². The maximum absolute atomic E-state index is 2.64. The van der Waals surface area contributed by atoms with Crippen LogP contribution in [0, 0.1) is 0 Å². The van der Waals surface area contributed by atoms with Crippen LogP contribution in [0.4, 0.5) is 0 Å². The molecule has 0 N–H and O–H groups in total. The summed E-state index contributed by atoms with van der Waals surface area (Å²) in [7, 11) is 0. The van der Waals surface area contributed by atoms with E-state index in [-0.39, 0.29) is 0 Å². The first-order valence-corrected chi connectivity index (χ1v) is 7.82. The van der Waals surface area contributed by atoms with Crippen LogP contribution in [0.25, 0.3) is 11.1 Å². The van der Waals surface area contributed by atoms with Crippen molar-refractivity contribution in [1.29, 1.82) is 0 Å². The van der Waals surface area contributed by atoms with Crippen LogP contribution in [-0.2, 0) is 6.42 Å². The Morgan fingerprint density at radius 1 is 1.05 bits per heavy atom. The van der Waals surface area contributed by atoms with E-state index in [1.165, 1.54) is 42.6 Å². The monoisotopic (exact) mass is 263 g/mol. The van der Waals surface area contributed by atoms with Crippen molar-refractivity contribution in [3.05, 3.63) is 59.2 Å². The lowest BCUT2D eigenvalue weighted by Crippen LogP contribution is -2.23. The summed E-state index contributed by atoms with van der Waals surface area (Å²) in [5.41, 5.74) is 7.58. The molecule has 4 rings (SSSR count). The Morgan fingerprint density at radius 3 is 2.80 bits per heavy atom. The van der Waals surface area contributed by atoms with Gasteiger partial charge in [0.05, 0.1) is 0 Å². The lowest BCUT2D eigenvalue weighted by Gasteiger charge is -2.25. The number of hydrogen-bond acceptors (Lipinski definition) is 1. The van der Waals surface area contributed by atoms with Crippen molar-refractivity contribution in [2.45, 2.75) is 32.2 Å². The van der Waals surface area contributed by atoms with Gasteiger partial charge in [-0.1, -0.05) is 49.4 Å². The average molecular weight is 263 g/mol. The minimum Gasteiger partial charge on any atom is -0.297 e. The zero-order valence-corrected chi connectivity index (χ0v) is 12.1. The lowest BCUT2D eigenvalue weighted by molar-refractivity contribution is 0.271. The predicted octanol–water partition coefficient (Wildman–Crippen LogP) is 4.41. The van der Waals surface area contributed by atoms with Crippen molar-refractivity contribution in [1.82, 2.24) is 4.90 Å². The fourth-order valence-corrected chi connectivity index (χ4v) is 4.05. The minimum absolute atomic E-state index is 0.643. The van der Waals surface area contributed by atoms with E-state index in [1.54, 1.807) is 11.1 Å². The molecule has 0 radical (unpaired) electrons. The summed E-state index contributed by atoms with van der Waals surface area (Å²) in [6, 6.07) is 16.4. The molecule has 0 saturated carbocycles. The maximum atomic E-state index is 2.64. The lowest BCUT2D eigenvalue weighted by atomic mass is 9.94. The van der Waals surface area contributed by atoms with Gasteiger partial charge in [0.2, 0.25) is 0 Å². The molecule has 2 aromatic rings. The van der Waals surface area contributed by atoms with Gasteiger partial charge in [-0.3, -0.25) is 4.90 Å². The second-order valence-corrected chi connectivity index (χ2v) is 5.99. The van der Waals surface area contributed by atoms with E-state index in [4.69, 9.17) is 0 Å². The van der Waals surface area contributed by atoms with Crippen LogP contribution < -0.4 is 0 Å². The second kappa shape index (κ2) is 4.75. The van der Waals surface area contributed by atoms with Crippen molar-refractivity contribution >= 4 is 0 Å². The standard InChI is InChI=1S/C19H21N/c1-2-20-12-6-11-19(20)17-10-5-9-16-15-8-4-3-7-14(15)13-18(16)17/h3-5,7-10,19H,2,6,11-13H2,1H3.